The molecule has 1 aliphatic carbocycles. The molecule has 0 aliphatic heterocycles. The van der Waals surface area contributed by atoms with Crippen molar-refractivity contribution >= 4 is 39.2 Å². The van der Waals surface area contributed by atoms with Crippen molar-refractivity contribution in [2.75, 3.05) is 5.75 Å². The zero-order chi connectivity index (χ0) is 21.4. The fourth-order valence-corrected chi connectivity index (χ4v) is 6.06. The van der Waals surface area contributed by atoms with Gasteiger partial charge in [0.15, 0.2) is 5.16 Å². The van der Waals surface area contributed by atoms with Crippen LogP contribution in [0.25, 0.3) is 15.9 Å². The minimum Gasteiger partial charge on any atom is -0.353 e. The van der Waals surface area contributed by atoms with Crippen molar-refractivity contribution in [1.82, 2.24) is 14.9 Å². The van der Waals surface area contributed by atoms with Gasteiger partial charge in [0.25, 0.3) is 5.56 Å². The summed E-state index contributed by atoms with van der Waals surface area (Å²) in [5, 5.41) is 4.34. The zero-order valence-corrected chi connectivity index (χ0v) is 19.5. The van der Waals surface area contributed by atoms with Gasteiger partial charge in [-0.2, -0.15) is 0 Å². The van der Waals surface area contributed by atoms with Crippen LogP contribution in [0.2, 0.25) is 0 Å². The number of hydrogen-bond acceptors (Lipinski definition) is 5. The van der Waals surface area contributed by atoms with Gasteiger partial charge in [0.05, 0.1) is 16.8 Å². The van der Waals surface area contributed by atoms with E-state index >= 15 is 0 Å². The molecule has 1 unspecified atom stereocenters. The quantitative estimate of drug-likeness (QED) is 0.450. The summed E-state index contributed by atoms with van der Waals surface area (Å²) in [4.78, 5) is 33.0. The van der Waals surface area contributed by atoms with Crippen LogP contribution in [-0.2, 0) is 17.6 Å². The average Bonchev–Trinajstić information content (AvgIpc) is 3.28. The molecule has 2 heterocycles. The van der Waals surface area contributed by atoms with Crippen LogP contribution in [0.15, 0.2) is 28.2 Å². The smallest absolute Gasteiger partial charge is 0.267 e. The number of benzene rings is 1. The molecule has 0 bridgehead atoms. The van der Waals surface area contributed by atoms with Crippen LogP contribution in [-0.4, -0.2) is 27.3 Å². The zero-order valence-electron chi connectivity index (χ0n) is 17.9. The van der Waals surface area contributed by atoms with Gasteiger partial charge in [0, 0.05) is 10.9 Å². The molecule has 1 aliphatic rings. The van der Waals surface area contributed by atoms with Crippen molar-refractivity contribution in [3.8, 4) is 5.69 Å². The Hall–Kier alpha value is -2.12. The normalized spacial score (nSPS) is 14.1. The number of nitrogens with zero attached hydrogens (tertiary/aromatic N) is 2. The minimum atomic E-state index is -0.0375. The highest BCUT2D eigenvalue weighted by molar-refractivity contribution is 7.99. The summed E-state index contributed by atoms with van der Waals surface area (Å²) >= 11 is 2.97. The molecule has 4 rings (SSSR count). The van der Waals surface area contributed by atoms with E-state index in [4.69, 9.17) is 4.98 Å². The van der Waals surface area contributed by atoms with Crippen LogP contribution in [0.1, 0.15) is 48.3 Å². The fourth-order valence-electron chi connectivity index (χ4n) is 3.94. The van der Waals surface area contributed by atoms with Crippen LogP contribution in [0.3, 0.4) is 0 Å². The topological polar surface area (TPSA) is 64.0 Å². The van der Waals surface area contributed by atoms with Crippen molar-refractivity contribution in [3.63, 3.8) is 0 Å². The highest BCUT2D eigenvalue weighted by Gasteiger charge is 2.24. The summed E-state index contributed by atoms with van der Waals surface area (Å²) in [5.74, 6) is 0.197. The number of rotatable bonds is 6. The van der Waals surface area contributed by atoms with Crippen LogP contribution in [0.5, 0.6) is 0 Å². The Bertz CT molecular complexity index is 1180. The number of amides is 1. The molecular formula is C23H27N3O2S2. The average molecular weight is 442 g/mol. The Morgan fingerprint density at radius 2 is 2.13 bits per heavy atom. The highest BCUT2D eigenvalue weighted by Crippen LogP contribution is 2.36. The number of carbonyl (C=O) groups excluding carboxylic acids is 1. The number of aromatic nitrogens is 2. The lowest BCUT2D eigenvalue weighted by Crippen LogP contribution is -2.33. The maximum Gasteiger partial charge on any atom is 0.267 e. The maximum absolute atomic E-state index is 13.7. The van der Waals surface area contributed by atoms with E-state index in [0.29, 0.717) is 5.16 Å². The van der Waals surface area contributed by atoms with Gasteiger partial charge in [-0.05, 0) is 63.6 Å². The van der Waals surface area contributed by atoms with Crippen LogP contribution >= 0.6 is 23.1 Å². The summed E-state index contributed by atoms with van der Waals surface area (Å²) < 4.78 is 1.71. The molecule has 0 fully saturated rings. The monoisotopic (exact) mass is 441 g/mol. The van der Waals surface area contributed by atoms with E-state index in [-0.39, 0.29) is 23.3 Å². The SMILES string of the molecule is CCC(C)NC(=O)CSc1nc2sc3c(c2c(=O)n1-c1ccc(C)cc1C)CCC3. The van der Waals surface area contributed by atoms with E-state index in [1.54, 1.807) is 15.9 Å². The lowest BCUT2D eigenvalue weighted by molar-refractivity contribution is -0.119. The second kappa shape index (κ2) is 8.55. The summed E-state index contributed by atoms with van der Waals surface area (Å²) in [6, 6.07) is 6.21. The Labute approximate surface area is 184 Å². The molecule has 1 atom stereocenters. The van der Waals surface area contributed by atoms with Gasteiger partial charge in [0.2, 0.25) is 5.91 Å². The van der Waals surface area contributed by atoms with Gasteiger partial charge in [-0.25, -0.2) is 4.98 Å². The second-order valence-electron chi connectivity index (χ2n) is 8.03. The molecule has 1 N–H and O–H groups in total. The molecular weight excluding hydrogens is 414 g/mol. The van der Waals surface area contributed by atoms with Gasteiger partial charge < -0.3 is 5.32 Å². The van der Waals surface area contributed by atoms with Crippen LogP contribution in [0, 0.1) is 13.8 Å². The van der Waals surface area contributed by atoms with Crippen molar-refractivity contribution in [3.05, 3.63) is 50.1 Å². The Morgan fingerprint density at radius 1 is 1.33 bits per heavy atom. The van der Waals surface area contributed by atoms with Gasteiger partial charge in [-0.15, -0.1) is 11.3 Å². The molecule has 7 heteroatoms. The number of fused-ring (bicyclic) bond motifs is 3. The summed E-state index contributed by atoms with van der Waals surface area (Å²) in [7, 11) is 0. The third kappa shape index (κ3) is 3.93. The molecule has 5 nitrogen and oxygen atoms in total. The van der Waals surface area contributed by atoms with Gasteiger partial charge >= 0.3 is 0 Å². The predicted molar refractivity (Wildman–Crippen MR) is 125 cm³/mol. The molecule has 2 aromatic heterocycles. The number of thiophene rings is 1. The summed E-state index contributed by atoms with van der Waals surface area (Å²) in [6.07, 6.45) is 3.96. The van der Waals surface area contributed by atoms with E-state index in [9.17, 15) is 9.59 Å². The van der Waals surface area contributed by atoms with E-state index in [2.05, 4.69) is 11.4 Å². The fraction of sp³-hybridized carbons (Fsp3) is 0.435. The van der Waals surface area contributed by atoms with Crippen LogP contribution in [0.4, 0.5) is 0 Å². The number of aryl methyl sites for hydroxylation is 4. The van der Waals surface area contributed by atoms with Crippen molar-refractivity contribution in [2.24, 2.45) is 0 Å². The Kier molecular flexibility index (Phi) is 6.02. The molecule has 0 radical (unpaired) electrons. The molecule has 3 aromatic rings. The molecule has 0 saturated heterocycles. The van der Waals surface area contributed by atoms with E-state index < -0.39 is 0 Å². The Balaban J connectivity index is 1.82. The first-order valence-electron chi connectivity index (χ1n) is 10.5. The molecule has 30 heavy (non-hydrogen) atoms. The van der Waals surface area contributed by atoms with Crippen molar-refractivity contribution in [2.45, 2.75) is 64.6 Å². The summed E-state index contributed by atoms with van der Waals surface area (Å²) in [6.45, 7) is 8.09. The molecule has 158 valence electrons. The largest absolute Gasteiger partial charge is 0.353 e. The number of carbonyl (C=O) groups is 1. The number of hydrogen-bond donors (Lipinski definition) is 1. The minimum absolute atomic E-state index is 0.0174. The first-order valence-corrected chi connectivity index (χ1v) is 12.3. The summed E-state index contributed by atoms with van der Waals surface area (Å²) in [5.41, 5.74) is 4.17. The van der Waals surface area contributed by atoms with E-state index in [1.807, 2.05) is 39.8 Å². The predicted octanol–water partition coefficient (Wildman–Crippen LogP) is 4.56. The van der Waals surface area contributed by atoms with Crippen molar-refractivity contribution in [1.29, 1.82) is 0 Å². The standard InChI is InChI=1S/C23H27N3O2S2/c1-5-15(4)24-19(27)12-29-23-25-21-20(16-7-6-8-18(16)30-21)22(28)26(23)17-10-9-13(2)11-14(17)3/h9-11,15H,5-8,12H2,1-4H3,(H,24,27). The lowest BCUT2D eigenvalue weighted by atomic mass is 10.1. The molecule has 0 saturated carbocycles. The third-order valence-corrected chi connectivity index (χ3v) is 7.78. The Morgan fingerprint density at radius 3 is 2.87 bits per heavy atom. The van der Waals surface area contributed by atoms with E-state index in [0.717, 1.165) is 52.7 Å². The molecule has 1 amide bonds. The van der Waals surface area contributed by atoms with Gasteiger partial charge in [-0.1, -0.05) is 36.4 Å². The number of nitrogens with one attached hydrogen (secondary N) is 1. The lowest BCUT2D eigenvalue weighted by Gasteiger charge is -2.16. The van der Waals surface area contributed by atoms with Gasteiger partial charge in [-0.3, -0.25) is 14.2 Å². The molecule has 0 spiro atoms. The highest BCUT2D eigenvalue weighted by atomic mass is 32.2. The maximum atomic E-state index is 13.7. The first kappa shape index (κ1) is 21.1. The number of thioether (sulfide) groups is 1. The van der Waals surface area contributed by atoms with Crippen LogP contribution < -0.4 is 10.9 Å². The van der Waals surface area contributed by atoms with Crippen molar-refractivity contribution < 1.29 is 4.79 Å². The van der Waals surface area contributed by atoms with Gasteiger partial charge in [0.1, 0.15) is 4.83 Å². The third-order valence-electron chi connectivity index (χ3n) is 5.65. The molecule has 1 aromatic carbocycles. The first-order chi connectivity index (χ1) is 14.4. The second-order valence-corrected chi connectivity index (χ2v) is 10.1. The van der Waals surface area contributed by atoms with E-state index in [1.165, 1.54) is 22.2 Å².